The van der Waals surface area contributed by atoms with E-state index in [1.807, 2.05) is 6.21 Å². The molecule has 0 unspecified atom stereocenters. The van der Waals surface area contributed by atoms with Crippen molar-refractivity contribution in [3.63, 3.8) is 0 Å². The quantitative estimate of drug-likeness (QED) is 0.671. The summed E-state index contributed by atoms with van der Waals surface area (Å²) in [6, 6.07) is 15.5. The second-order valence-electron chi connectivity index (χ2n) is 7.67. The molecule has 1 heterocycles. The molecule has 0 amide bonds. The summed E-state index contributed by atoms with van der Waals surface area (Å²) in [7, 11) is 0. The first-order chi connectivity index (χ1) is 13.6. The number of aryl methyl sites for hydroxylation is 2. The monoisotopic (exact) mass is 378 g/mol. The lowest BCUT2D eigenvalue weighted by molar-refractivity contribution is 0.131. The standard InChI is InChI=1S/C24H34N4/c1-5-27(6-2)24-11-8-22(9-12-24)18-25-28-15-13-26(14-16-28)19-23-10-7-20(3)17-21(23)4/h7-12,17-18H,5-6,13-16,19H2,1-4H3. The fourth-order valence-corrected chi connectivity index (χ4v) is 3.78. The van der Waals surface area contributed by atoms with Crippen LogP contribution >= 0.6 is 0 Å². The normalized spacial score (nSPS) is 15.4. The van der Waals surface area contributed by atoms with Gasteiger partial charge in [-0.3, -0.25) is 9.91 Å². The van der Waals surface area contributed by atoms with E-state index in [0.29, 0.717) is 0 Å². The van der Waals surface area contributed by atoms with Crippen molar-refractivity contribution in [1.29, 1.82) is 0 Å². The van der Waals surface area contributed by atoms with Crippen LogP contribution in [0, 0.1) is 13.8 Å². The fraction of sp³-hybridized carbons (Fsp3) is 0.458. The molecule has 28 heavy (non-hydrogen) atoms. The summed E-state index contributed by atoms with van der Waals surface area (Å²) in [5, 5.41) is 6.90. The molecule has 0 aromatic heterocycles. The van der Waals surface area contributed by atoms with Crippen molar-refractivity contribution in [2.75, 3.05) is 44.2 Å². The van der Waals surface area contributed by atoms with Gasteiger partial charge in [-0.05, 0) is 56.5 Å². The highest BCUT2D eigenvalue weighted by Gasteiger charge is 2.16. The Morgan fingerprint density at radius 2 is 1.61 bits per heavy atom. The second-order valence-corrected chi connectivity index (χ2v) is 7.67. The van der Waals surface area contributed by atoms with E-state index >= 15 is 0 Å². The van der Waals surface area contributed by atoms with Crippen LogP contribution in [0.1, 0.15) is 36.1 Å². The molecule has 1 saturated heterocycles. The highest BCUT2D eigenvalue weighted by Crippen LogP contribution is 2.16. The maximum absolute atomic E-state index is 4.71. The number of benzene rings is 2. The van der Waals surface area contributed by atoms with Gasteiger partial charge in [0.15, 0.2) is 0 Å². The summed E-state index contributed by atoms with van der Waals surface area (Å²) in [6.07, 6.45) is 1.99. The van der Waals surface area contributed by atoms with Crippen LogP contribution in [-0.4, -0.2) is 55.4 Å². The van der Waals surface area contributed by atoms with Crippen LogP contribution in [0.2, 0.25) is 0 Å². The average molecular weight is 379 g/mol. The number of hydrogen-bond acceptors (Lipinski definition) is 4. The molecular weight excluding hydrogens is 344 g/mol. The van der Waals surface area contributed by atoms with Crippen molar-refractivity contribution in [2.24, 2.45) is 5.10 Å². The Kier molecular flexibility index (Phi) is 7.10. The van der Waals surface area contributed by atoms with Gasteiger partial charge in [-0.15, -0.1) is 0 Å². The van der Waals surface area contributed by atoms with E-state index in [4.69, 9.17) is 5.10 Å². The van der Waals surface area contributed by atoms with Gasteiger partial charge >= 0.3 is 0 Å². The molecule has 0 N–H and O–H groups in total. The Morgan fingerprint density at radius 3 is 2.21 bits per heavy atom. The summed E-state index contributed by atoms with van der Waals surface area (Å²) in [6.45, 7) is 16.0. The lowest BCUT2D eigenvalue weighted by Gasteiger charge is -2.33. The molecule has 2 aromatic rings. The molecule has 2 aromatic carbocycles. The molecule has 4 heteroatoms. The van der Waals surface area contributed by atoms with Gasteiger partial charge in [0, 0.05) is 51.5 Å². The molecule has 1 fully saturated rings. The van der Waals surface area contributed by atoms with Gasteiger partial charge in [0.1, 0.15) is 0 Å². The summed E-state index contributed by atoms with van der Waals surface area (Å²) in [5.74, 6) is 0. The lowest BCUT2D eigenvalue weighted by atomic mass is 10.1. The SMILES string of the molecule is CCN(CC)c1ccc(C=NN2CCN(Cc3ccc(C)cc3C)CC2)cc1. The molecule has 1 aliphatic heterocycles. The minimum absolute atomic E-state index is 0.985. The minimum Gasteiger partial charge on any atom is -0.372 e. The van der Waals surface area contributed by atoms with E-state index in [2.05, 4.69) is 85.0 Å². The lowest BCUT2D eigenvalue weighted by Crippen LogP contribution is -2.43. The summed E-state index contributed by atoms with van der Waals surface area (Å²) in [4.78, 5) is 4.89. The predicted octanol–water partition coefficient (Wildman–Crippen LogP) is 4.30. The smallest absolute Gasteiger partial charge is 0.0542 e. The van der Waals surface area contributed by atoms with Crippen molar-refractivity contribution in [3.05, 3.63) is 64.7 Å². The predicted molar refractivity (Wildman–Crippen MR) is 120 cm³/mol. The maximum atomic E-state index is 4.71. The van der Waals surface area contributed by atoms with E-state index in [0.717, 1.165) is 51.4 Å². The van der Waals surface area contributed by atoms with Crippen LogP contribution in [0.3, 0.4) is 0 Å². The van der Waals surface area contributed by atoms with Gasteiger partial charge in [-0.1, -0.05) is 35.9 Å². The molecule has 0 aliphatic carbocycles. The molecule has 0 radical (unpaired) electrons. The van der Waals surface area contributed by atoms with Gasteiger partial charge in [-0.2, -0.15) is 5.10 Å². The molecule has 4 nitrogen and oxygen atoms in total. The molecule has 0 atom stereocenters. The van der Waals surface area contributed by atoms with Gasteiger partial charge in [0.2, 0.25) is 0 Å². The van der Waals surface area contributed by atoms with Crippen LogP contribution in [-0.2, 0) is 6.54 Å². The Morgan fingerprint density at radius 1 is 0.929 bits per heavy atom. The largest absolute Gasteiger partial charge is 0.372 e. The van der Waals surface area contributed by atoms with Gasteiger partial charge in [-0.25, -0.2) is 0 Å². The third-order valence-electron chi connectivity index (χ3n) is 5.63. The molecule has 0 bridgehead atoms. The van der Waals surface area contributed by atoms with Crippen molar-refractivity contribution >= 4 is 11.9 Å². The first-order valence-corrected chi connectivity index (χ1v) is 10.5. The van der Waals surface area contributed by atoms with E-state index < -0.39 is 0 Å². The number of nitrogens with zero attached hydrogens (tertiary/aromatic N) is 4. The Balaban J connectivity index is 1.49. The highest BCUT2D eigenvalue weighted by molar-refractivity contribution is 5.80. The zero-order valence-corrected chi connectivity index (χ0v) is 17.9. The van der Waals surface area contributed by atoms with Crippen LogP contribution in [0.15, 0.2) is 47.6 Å². The van der Waals surface area contributed by atoms with Gasteiger partial charge in [0.05, 0.1) is 6.21 Å². The Hall–Kier alpha value is -2.33. The Bertz CT molecular complexity index is 770. The molecule has 1 aliphatic rings. The van der Waals surface area contributed by atoms with Crippen LogP contribution in [0.4, 0.5) is 5.69 Å². The molecule has 0 spiro atoms. The van der Waals surface area contributed by atoms with Crippen molar-refractivity contribution in [2.45, 2.75) is 34.2 Å². The van der Waals surface area contributed by atoms with E-state index in [9.17, 15) is 0 Å². The van der Waals surface area contributed by atoms with E-state index in [-0.39, 0.29) is 0 Å². The van der Waals surface area contributed by atoms with Crippen LogP contribution in [0.25, 0.3) is 0 Å². The van der Waals surface area contributed by atoms with E-state index in [1.54, 1.807) is 0 Å². The molecule has 150 valence electrons. The van der Waals surface area contributed by atoms with Crippen molar-refractivity contribution in [1.82, 2.24) is 9.91 Å². The highest BCUT2D eigenvalue weighted by atomic mass is 15.5. The van der Waals surface area contributed by atoms with E-state index in [1.165, 1.54) is 22.4 Å². The Labute approximate surface area is 170 Å². The zero-order chi connectivity index (χ0) is 19.9. The zero-order valence-electron chi connectivity index (χ0n) is 17.9. The first-order valence-electron chi connectivity index (χ1n) is 10.5. The number of rotatable bonds is 7. The second kappa shape index (κ2) is 9.74. The number of hydrazone groups is 1. The molecular formula is C24H34N4. The summed E-state index contributed by atoms with van der Waals surface area (Å²) >= 11 is 0. The topological polar surface area (TPSA) is 22.1 Å². The summed E-state index contributed by atoms with van der Waals surface area (Å²) in [5.41, 5.74) is 6.62. The number of hydrogen-bond donors (Lipinski definition) is 0. The van der Waals surface area contributed by atoms with Crippen molar-refractivity contribution < 1.29 is 0 Å². The van der Waals surface area contributed by atoms with Crippen molar-refractivity contribution in [3.8, 4) is 0 Å². The average Bonchev–Trinajstić information content (AvgIpc) is 2.71. The minimum atomic E-state index is 0.985. The molecule has 0 saturated carbocycles. The first kappa shape index (κ1) is 20.4. The van der Waals surface area contributed by atoms with Crippen LogP contribution < -0.4 is 4.90 Å². The van der Waals surface area contributed by atoms with Gasteiger partial charge < -0.3 is 4.90 Å². The van der Waals surface area contributed by atoms with Crippen LogP contribution in [0.5, 0.6) is 0 Å². The summed E-state index contributed by atoms with van der Waals surface area (Å²) < 4.78 is 0. The third-order valence-corrected chi connectivity index (χ3v) is 5.63. The molecule has 3 rings (SSSR count). The number of anilines is 1. The third kappa shape index (κ3) is 5.35. The number of piperazine rings is 1. The van der Waals surface area contributed by atoms with Gasteiger partial charge in [0.25, 0.3) is 0 Å². The fourth-order valence-electron chi connectivity index (χ4n) is 3.78. The maximum Gasteiger partial charge on any atom is 0.0542 e.